The number of hydrogen-bond acceptors (Lipinski definition) is 5. The van der Waals surface area contributed by atoms with Crippen LogP contribution in [0.1, 0.15) is 80.6 Å². The minimum absolute atomic E-state index is 0.0601. The molecule has 170 valence electrons. The summed E-state index contributed by atoms with van der Waals surface area (Å²) in [6.45, 7) is 13.0. The Kier molecular flexibility index (Phi) is 14.0. The van der Waals surface area contributed by atoms with Crippen molar-refractivity contribution in [2.45, 2.75) is 92.8 Å². The molecule has 0 aliphatic rings. The molecule has 0 aliphatic carbocycles. The Balaban J connectivity index is 4.62. The summed E-state index contributed by atoms with van der Waals surface area (Å²) in [4.78, 5) is 0. The second-order valence-corrected chi connectivity index (χ2v) is 12.6. The summed E-state index contributed by atoms with van der Waals surface area (Å²) in [6.07, 6.45) is 12.1. The molecule has 0 aromatic heterocycles. The molecule has 0 aliphatic heterocycles. The van der Waals surface area contributed by atoms with Gasteiger partial charge in [-0.1, -0.05) is 35.5 Å². The highest BCUT2D eigenvalue weighted by Gasteiger charge is 2.33. The Morgan fingerprint density at radius 1 is 0.897 bits per heavy atom. The van der Waals surface area contributed by atoms with Crippen molar-refractivity contribution >= 4 is 17.4 Å². The monoisotopic (exact) mass is 448 g/mol. The maximum Gasteiger partial charge on any atom is 0.346 e. The summed E-state index contributed by atoms with van der Waals surface area (Å²) in [7, 11) is -7.23. The van der Waals surface area contributed by atoms with Gasteiger partial charge in [0.25, 0.3) is 0 Å². The molecule has 0 fully saturated rings. The molecule has 0 amide bonds. The number of allylic oxidation sites excluding steroid dienone is 6. The molecule has 0 N–H and O–H groups in total. The highest BCUT2D eigenvalue weighted by molar-refractivity contribution is 7.97. The van der Waals surface area contributed by atoms with E-state index in [1.165, 1.54) is 5.57 Å². The van der Waals surface area contributed by atoms with Gasteiger partial charge in [-0.3, -0.25) is 4.57 Å². The highest BCUT2D eigenvalue weighted by Crippen LogP contribution is 2.51. The van der Waals surface area contributed by atoms with E-state index in [4.69, 9.17) is 9.05 Å². The SMILES string of the molecule is C/C=C/CC/C(C)=C/CC/C(C)=C/CCS(=O)(=O)CP(=O)(OC(C)C)OC(C)C. The standard InChI is InChI=1S/C22H41O5PS/c1-8-9-10-13-21(6)14-11-15-22(7)16-12-17-29(24,25)18-28(23,26-19(2)3)27-20(4)5/h8-9,14,16,19-20H,10-13,15,17-18H2,1-7H3/b9-8+,21-14+,22-16+. The maximum absolute atomic E-state index is 12.8. The van der Waals surface area contributed by atoms with Crippen molar-refractivity contribution in [3.8, 4) is 0 Å². The lowest BCUT2D eigenvalue weighted by Gasteiger charge is -2.22. The van der Waals surface area contributed by atoms with Crippen LogP contribution in [-0.4, -0.2) is 31.9 Å². The van der Waals surface area contributed by atoms with E-state index in [1.807, 2.05) is 19.9 Å². The summed E-state index contributed by atoms with van der Waals surface area (Å²) < 4.78 is 48.4. The molecule has 0 unspecified atom stereocenters. The minimum atomic E-state index is -3.68. The first-order chi connectivity index (χ1) is 13.4. The molecule has 0 radical (unpaired) electrons. The Morgan fingerprint density at radius 2 is 1.38 bits per heavy atom. The number of hydrogen-bond donors (Lipinski definition) is 0. The maximum atomic E-state index is 12.8. The van der Waals surface area contributed by atoms with Crippen LogP contribution < -0.4 is 0 Å². The summed E-state index contributed by atoms with van der Waals surface area (Å²) >= 11 is 0. The molecule has 0 rings (SSSR count). The van der Waals surface area contributed by atoms with Crippen LogP contribution in [-0.2, 0) is 23.4 Å². The predicted octanol–water partition coefficient (Wildman–Crippen LogP) is 6.82. The predicted molar refractivity (Wildman–Crippen MR) is 124 cm³/mol. The largest absolute Gasteiger partial charge is 0.346 e. The van der Waals surface area contributed by atoms with E-state index in [-0.39, 0.29) is 18.0 Å². The first-order valence-electron chi connectivity index (χ1n) is 10.5. The average molecular weight is 449 g/mol. The van der Waals surface area contributed by atoms with Gasteiger partial charge in [-0.05, 0) is 80.6 Å². The minimum Gasteiger partial charge on any atom is -0.305 e. The lowest BCUT2D eigenvalue weighted by atomic mass is 10.1. The first kappa shape index (κ1) is 28.3. The van der Waals surface area contributed by atoms with Gasteiger partial charge in [-0.2, -0.15) is 0 Å². The zero-order valence-corrected chi connectivity index (χ0v) is 21.0. The van der Waals surface area contributed by atoms with Crippen LogP contribution in [0.3, 0.4) is 0 Å². The van der Waals surface area contributed by atoms with Crippen molar-refractivity contribution in [1.29, 1.82) is 0 Å². The second kappa shape index (κ2) is 14.3. The van der Waals surface area contributed by atoms with Crippen LogP contribution >= 0.6 is 7.60 Å². The van der Waals surface area contributed by atoms with Gasteiger partial charge >= 0.3 is 7.60 Å². The van der Waals surface area contributed by atoms with E-state index >= 15 is 0 Å². The van der Waals surface area contributed by atoms with Crippen molar-refractivity contribution < 1.29 is 22.0 Å². The van der Waals surface area contributed by atoms with E-state index < -0.39 is 22.9 Å². The van der Waals surface area contributed by atoms with Crippen LogP contribution in [0.5, 0.6) is 0 Å². The van der Waals surface area contributed by atoms with Crippen molar-refractivity contribution in [2.24, 2.45) is 0 Å². The van der Waals surface area contributed by atoms with Crippen LogP contribution in [0.4, 0.5) is 0 Å². The molecule has 5 nitrogen and oxygen atoms in total. The third kappa shape index (κ3) is 15.8. The fraction of sp³-hybridized carbons (Fsp3) is 0.727. The lowest BCUT2D eigenvalue weighted by molar-refractivity contribution is 0.145. The van der Waals surface area contributed by atoms with E-state index in [1.54, 1.807) is 27.7 Å². The average Bonchev–Trinajstić information content (AvgIpc) is 2.52. The summed E-state index contributed by atoms with van der Waals surface area (Å²) in [6, 6.07) is 0. The fourth-order valence-electron chi connectivity index (χ4n) is 2.75. The van der Waals surface area contributed by atoms with Gasteiger partial charge in [0, 0.05) is 0 Å². The smallest absolute Gasteiger partial charge is 0.305 e. The van der Waals surface area contributed by atoms with Crippen LogP contribution in [0, 0.1) is 0 Å². The van der Waals surface area contributed by atoms with Gasteiger partial charge in [0.05, 0.1) is 18.0 Å². The molecule has 0 heterocycles. The Bertz CT molecular complexity index is 689. The zero-order valence-electron chi connectivity index (χ0n) is 19.3. The van der Waals surface area contributed by atoms with Gasteiger partial charge in [0.2, 0.25) is 0 Å². The van der Waals surface area contributed by atoms with Crippen molar-refractivity contribution in [3.63, 3.8) is 0 Å². The summed E-state index contributed by atoms with van der Waals surface area (Å²) in [5.74, 6) is -0.0601. The summed E-state index contributed by atoms with van der Waals surface area (Å²) in [5, 5.41) is 0. The highest BCUT2D eigenvalue weighted by atomic mass is 32.2. The molecular formula is C22H41O5PS. The molecule has 0 bridgehead atoms. The second-order valence-electron chi connectivity index (χ2n) is 8.03. The van der Waals surface area contributed by atoms with Gasteiger partial charge in [0.1, 0.15) is 0 Å². The molecule has 0 aromatic rings. The van der Waals surface area contributed by atoms with Gasteiger partial charge in [-0.15, -0.1) is 0 Å². The zero-order chi connectivity index (χ0) is 22.5. The Labute approximate surface area is 179 Å². The van der Waals surface area contributed by atoms with E-state index in [0.717, 1.165) is 31.3 Å². The van der Waals surface area contributed by atoms with Gasteiger partial charge < -0.3 is 9.05 Å². The lowest BCUT2D eigenvalue weighted by Crippen LogP contribution is -2.17. The van der Waals surface area contributed by atoms with Crippen molar-refractivity contribution in [3.05, 3.63) is 35.5 Å². The summed E-state index contributed by atoms with van der Waals surface area (Å²) in [5.41, 5.74) is 1.97. The van der Waals surface area contributed by atoms with E-state index in [9.17, 15) is 13.0 Å². The molecule has 7 heteroatoms. The van der Waals surface area contributed by atoms with E-state index in [2.05, 4.69) is 25.2 Å². The molecule has 0 saturated heterocycles. The van der Waals surface area contributed by atoms with Gasteiger partial charge in [-0.25, -0.2) is 8.42 Å². The third-order valence-electron chi connectivity index (χ3n) is 3.99. The first-order valence-corrected chi connectivity index (χ1v) is 14.0. The molecule has 0 aromatic carbocycles. The normalized spacial score (nSPS) is 14.5. The van der Waals surface area contributed by atoms with Gasteiger partial charge in [0.15, 0.2) is 15.3 Å². The van der Waals surface area contributed by atoms with E-state index in [0.29, 0.717) is 6.42 Å². The molecule has 29 heavy (non-hydrogen) atoms. The van der Waals surface area contributed by atoms with Crippen molar-refractivity contribution in [1.82, 2.24) is 0 Å². The quantitative estimate of drug-likeness (QED) is 0.203. The fourth-order valence-corrected chi connectivity index (χ4v) is 7.49. The Hall–Kier alpha value is -0.680. The van der Waals surface area contributed by atoms with Crippen LogP contribution in [0.25, 0.3) is 0 Å². The Morgan fingerprint density at radius 3 is 1.86 bits per heavy atom. The van der Waals surface area contributed by atoms with Crippen LogP contribution in [0.2, 0.25) is 0 Å². The van der Waals surface area contributed by atoms with Crippen LogP contribution in [0.15, 0.2) is 35.5 Å². The number of rotatable bonds is 15. The molecule has 0 saturated carbocycles. The molecule has 0 atom stereocenters. The van der Waals surface area contributed by atoms with Crippen molar-refractivity contribution in [2.75, 3.05) is 11.2 Å². The molecule has 0 spiro atoms. The number of sulfone groups is 1. The third-order valence-corrected chi connectivity index (χ3v) is 9.17. The molecular weight excluding hydrogens is 407 g/mol. The topological polar surface area (TPSA) is 69.7 Å².